The minimum atomic E-state index is -0.496. The fourth-order valence-corrected chi connectivity index (χ4v) is 3.05. The van der Waals surface area contributed by atoms with Gasteiger partial charge in [0.2, 0.25) is 11.7 Å². The van der Waals surface area contributed by atoms with Crippen molar-refractivity contribution in [3.05, 3.63) is 58.7 Å². The zero-order chi connectivity index (χ0) is 19.8. The van der Waals surface area contributed by atoms with Crippen LogP contribution in [0.15, 0.2) is 50.3 Å². The lowest BCUT2D eigenvalue weighted by Gasteiger charge is -2.07. The molecule has 28 heavy (non-hydrogen) atoms. The van der Waals surface area contributed by atoms with E-state index in [1.165, 1.54) is 6.26 Å². The van der Waals surface area contributed by atoms with E-state index in [-0.39, 0.29) is 29.3 Å². The largest absolute Gasteiger partial charge is 0.459 e. The molecule has 0 bridgehead atoms. The van der Waals surface area contributed by atoms with E-state index >= 15 is 0 Å². The first-order valence-electron chi connectivity index (χ1n) is 8.86. The number of hydrogen-bond acceptors (Lipinski definition) is 6. The van der Waals surface area contributed by atoms with Gasteiger partial charge in [0.15, 0.2) is 5.76 Å². The molecule has 0 saturated heterocycles. The van der Waals surface area contributed by atoms with Crippen molar-refractivity contribution in [2.24, 2.45) is 0 Å². The van der Waals surface area contributed by atoms with Crippen molar-refractivity contribution in [2.45, 2.75) is 32.9 Å². The number of hydrogen-bond donors (Lipinski definition) is 2. The van der Waals surface area contributed by atoms with Crippen molar-refractivity contribution < 1.29 is 13.7 Å². The molecule has 3 heterocycles. The molecule has 1 aromatic carbocycles. The Hall–Kier alpha value is -3.62. The third-order valence-electron chi connectivity index (χ3n) is 4.40. The topological polar surface area (TPSA) is 119 Å². The fraction of sp³-hybridized carbons (Fsp3) is 0.263. The van der Waals surface area contributed by atoms with Crippen molar-refractivity contribution in [2.75, 3.05) is 0 Å². The summed E-state index contributed by atoms with van der Waals surface area (Å²) in [5, 5.41) is 6.73. The molecule has 3 aromatic heterocycles. The summed E-state index contributed by atoms with van der Waals surface area (Å²) in [6, 6.07) is 8.23. The van der Waals surface area contributed by atoms with Crippen molar-refractivity contribution in [3.63, 3.8) is 0 Å². The molecule has 0 unspecified atom stereocenters. The second kappa shape index (κ2) is 6.84. The smallest absolute Gasteiger partial charge is 0.326 e. The maximum absolute atomic E-state index is 12.1. The molecule has 2 N–H and O–H groups in total. The van der Waals surface area contributed by atoms with Crippen LogP contribution in [-0.4, -0.2) is 25.6 Å². The molecule has 0 radical (unpaired) electrons. The second-order valence-electron chi connectivity index (χ2n) is 6.75. The quantitative estimate of drug-likeness (QED) is 0.548. The van der Waals surface area contributed by atoms with Gasteiger partial charge >= 0.3 is 5.69 Å². The molecule has 1 amide bonds. The Morgan fingerprint density at radius 2 is 2.07 bits per heavy atom. The predicted molar refractivity (Wildman–Crippen MR) is 101 cm³/mol. The highest BCUT2D eigenvalue weighted by atomic mass is 16.5. The van der Waals surface area contributed by atoms with Crippen LogP contribution in [-0.2, 0) is 0 Å². The summed E-state index contributed by atoms with van der Waals surface area (Å²) in [6.07, 6.45) is 1.43. The molecule has 1 atom stereocenters. The number of benzene rings is 1. The van der Waals surface area contributed by atoms with E-state index in [0.29, 0.717) is 16.9 Å². The highest BCUT2D eigenvalue weighted by Crippen LogP contribution is 2.23. The maximum Gasteiger partial charge on any atom is 0.326 e. The molecule has 4 rings (SSSR count). The van der Waals surface area contributed by atoms with Crippen molar-refractivity contribution in [1.82, 2.24) is 25.0 Å². The molecule has 0 saturated carbocycles. The van der Waals surface area contributed by atoms with Gasteiger partial charge in [0.1, 0.15) is 6.04 Å². The second-order valence-corrected chi connectivity index (χ2v) is 6.75. The third kappa shape index (κ3) is 3.11. The van der Waals surface area contributed by atoms with E-state index in [9.17, 15) is 9.59 Å². The number of carbonyl (C=O) groups excluding carboxylic acids is 1. The number of carbonyl (C=O) groups is 1. The molecule has 4 aromatic rings. The number of nitrogens with one attached hydrogen (secondary N) is 2. The Kier molecular flexibility index (Phi) is 4.34. The van der Waals surface area contributed by atoms with Crippen LogP contribution in [0.2, 0.25) is 0 Å². The summed E-state index contributed by atoms with van der Waals surface area (Å²) in [7, 11) is 0. The molecule has 9 nitrogen and oxygen atoms in total. The number of fused-ring (bicyclic) bond motifs is 1. The Morgan fingerprint density at radius 1 is 1.25 bits per heavy atom. The molecule has 144 valence electrons. The predicted octanol–water partition coefficient (Wildman–Crippen LogP) is 3.04. The van der Waals surface area contributed by atoms with Crippen LogP contribution in [0.5, 0.6) is 0 Å². The number of aromatic nitrogens is 4. The van der Waals surface area contributed by atoms with Gasteiger partial charge in [-0.05, 0) is 51.1 Å². The average molecular weight is 381 g/mol. The molecule has 9 heteroatoms. The minimum Gasteiger partial charge on any atom is -0.459 e. The van der Waals surface area contributed by atoms with E-state index in [1.54, 1.807) is 29.7 Å². The van der Waals surface area contributed by atoms with Gasteiger partial charge in [-0.1, -0.05) is 5.16 Å². The van der Waals surface area contributed by atoms with Crippen molar-refractivity contribution in [3.8, 4) is 11.4 Å². The lowest BCUT2D eigenvalue weighted by molar-refractivity contribution is 0.0904. The molecule has 0 spiro atoms. The number of rotatable bonds is 5. The van der Waals surface area contributed by atoms with Gasteiger partial charge < -0.3 is 19.2 Å². The lowest BCUT2D eigenvalue weighted by atomic mass is 10.2. The van der Waals surface area contributed by atoms with Crippen molar-refractivity contribution in [1.29, 1.82) is 0 Å². The number of nitrogens with zero attached hydrogens (tertiary/aromatic N) is 3. The minimum absolute atomic E-state index is 0.0440. The normalized spacial score (nSPS) is 12.6. The first-order chi connectivity index (χ1) is 13.4. The summed E-state index contributed by atoms with van der Waals surface area (Å²) in [5.41, 5.74) is 2.04. The first kappa shape index (κ1) is 17.8. The van der Waals surface area contributed by atoms with E-state index in [0.717, 1.165) is 5.52 Å². The summed E-state index contributed by atoms with van der Waals surface area (Å²) in [6.45, 7) is 5.64. The Balaban J connectivity index is 1.58. The molecular formula is C19H19N5O4. The summed E-state index contributed by atoms with van der Waals surface area (Å²) in [4.78, 5) is 31.4. The van der Waals surface area contributed by atoms with Gasteiger partial charge in [-0.2, -0.15) is 4.98 Å². The number of amides is 1. The highest BCUT2D eigenvalue weighted by molar-refractivity contribution is 5.91. The molecular weight excluding hydrogens is 362 g/mol. The van der Waals surface area contributed by atoms with Crippen LogP contribution in [0.3, 0.4) is 0 Å². The zero-order valence-corrected chi connectivity index (χ0v) is 15.6. The van der Waals surface area contributed by atoms with Gasteiger partial charge in [-0.15, -0.1) is 0 Å². The van der Waals surface area contributed by atoms with Crippen LogP contribution < -0.4 is 11.0 Å². The number of H-pyrrole nitrogens is 1. The van der Waals surface area contributed by atoms with E-state index < -0.39 is 6.04 Å². The maximum atomic E-state index is 12.1. The number of imidazole rings is 1. The van der Waals surface area contributed by atoms with E-state index in [1.807, 2.05) is 26.0 Å². The number of furan rings is 1. The van der Waals surface area contributed by atoms with Gasteiger partial charge in [-0.3, -0.25) is 9.36 Å². The molecule has 0 aliphatic heterocycles. The van der Waals surface area contributed by atoms with Gasteiger partial charge in [0.25, 0.3) is 5.91 Å². The van der Waals surface area contributed by atoms with Crippen LogP contribution in [0.4, 0.5) is 0 Å². The van der Waals surface area contributed by atoms with Crippen LogP contribution >= 0.6 is 0 Å². The van der Waals surface area contributed by atoms with E-state index in [2.05, 4.69) is 20.4 Å². The highest BCUT2D eigenvalue weighted by Gasteiger charge is 2.20. The van der Waals surface area contributed by atoms with Crippen LogP contribution in [0, 0.1) is 0 Å². The Labute approximate surface area is 159 Å². The zero-order valence-electron chi connectivity index (χ0n) is 15.6. The molecule has 0 aliphatic rings. The standard InChI is InChI=1S/C19H19N5O4/c1-10(2)24-14-7-6-12(9-13(14)21-19(24)26)16-22-18(28-23-16)11(3)20-17(25)15-5-4-8-27-15/h4-11H,1-3H3,(H,20,25)(H,21,26)/t11-/m0/s1. The van der Waals surface area contributed by atoms with Crippen LogP contribution in [0.25, 0.3) is 22.4 Å². The molecule has 0 fully saturated rings. The number of aromatic amines is 1. The Bertz CT molecular complexity index is 1180. The summed E-state index contributed by atoms with van der Waals surface area (Å²) in [5.74, 6) is 0.472. The monoisotopic (exact) mass is 381 g/mol. The van der Waals surface area contributed by atoms with Crippen LogP contribution in [0.1, 0.15) is 49.3 Å². The summed E-state index contributed by atoms with van der Waals surface area (Å²) >= 11 is 0. The van der Waals surface area contributed by atoms with Crippen molar-refractivity contribution >= 4 is 16.9 Å². The third-order valence-corrected chi connectivity index (χ3v) is 4.40. The van der Waals surface area contributed by atoms with Gasteiger partial charge in [0.05, 0.1) is 17.3 Å². The summed E-state index contributed by atoms with van der Waals surface area (Å²) < 4.78 is 12.0. The fourth-order valence-electron chi connectivity index (χ4n) is 3.05. The van der Waals surface area contributed by atoms with E-state index in [4.69, 9.17) is 8.94 Å². The SMILES string of the molecule is CC(C)n1c(=O)[nH]c2cc(-c3noc([C@H](C)NC(=O)c4ccco4)n3)ccc21. The average Bonchev–Trinajstić information content (AvgIpc) is 3.39. The molecule has 0 aliphatic carbocycles. The Morgan fingerprint density at radius 3 is 2.79 bits per heavy atom. The first-order valence-corrected chi connectivity index (χ1v) is 8.86. The lowest BCUT2D eigenvalue weighted by Crippen LogP contribution is -2.26. The van der Waals surface area contributed by atoms with Gasteiger partial charge in [-0.25, -0.2) is 4.79 Å². The van der Waals surface area contributed by atoms with Gasteiger partial charge in [0, 0.05) is 11.6 Å².